The number of hydrogen-bond acceptors (Lipinski definition) is 5. The smallest absolute Gasteiger partial charge is 0.416 e. The van der Waals surface area contributed by atoms with Crippen molar-refractivity contribution in [2.75, 3.05) is 13.2 Å². The van der Waals surface area contributed by atoms with Gasteiger partial charge in [0.15, 0.2) is 8.32 Å². The molecule has 2 unspecified atom stereocenters. The van der Waals surface area contributed by atoms with Crippen LogP contribution in [0.25, 0.3) is 0 Å². The first-order valence-electron chi connectivity index (χ1n) is 12.2. The van der Waals surface area contributed by atoms with Crippen LogP contribution in [0.4, 0.5) is 13.2 Å². The third-order valence-electron chi connectivity index (χ3n) is 6.30. The summed E-state index contributed by atoms with van der Waals surface area (Å²) in [6.07, 6.45) is -4.50. The molecule has 0 amide bonds. The van der Waals surface area contributed by atoms with Gasteiger partial charge in [-0.05, 0) is 77.4 Å². The number of esters is 2. The number of benzene rings is 1. The monoisotopic (exact) mass is 532 g/mol. The van der Waals surface area contributed by atoms with Crippen molar-refractivity contribution in [3.05, 3.63) is 35.4 Å². The molecular formula is C27H43F3O5Si. The maximum Gasteiger partial charge on any atom is 0.416 e. The van der Waals surface area contributed by atoms with Crippen LogP contribution in [0.3, 0.4) is 0 Å². The maximum atomic E-state index is 13.4. The molecule has 9 heteroatoms. The summed E-state index contributed by atoms with van der Waals surface area (Å²) in [6.45, 7) is 20.4. The van der Waals surface area contributed by atoms with Crippen molar-refractivity contribution in [2.24, 2.45) is 11.3 Å². The van der Waals surface area contributed by atoms with Gasteiger partial charge in [-0.15, -0.1) is 0 Å². The Bertz CT molecular complexity index is 888. The minimum atomic E-state index is -4.50. The molecular weight excluding hydrogens is 489 g/mol. The Morgan fingerprint density at radius 1 is 0.861 bits per heavy atom. The van der Waals surface area contributed by atoms with E-state index in [2.05, 4.69) is 20.8 Å². The number of carbonyl (C=O) groups excluding carboxylic acids is 2. The Hall–Kier alpha value is -1.87. The Morgan fingerprint density at radius 3 is 1.75 bits per heavy atom. The van der Waals surface area contributed by atoms with Crippen molar-refractivity contribution in [2.45, 2.75) is 98.1 Å². The van der Waals surface area contributed by atoms with Crippen molar-refractivity contribution in [1.82, 2.24) is 0 Å². The third-order valence-corrected chi connectivity index (χ3v) is 10.8. The largest absolute Gasteiger partial charge is 0.465 e. The molecule has 36 heavy (non-hydrogen) atoms. The van der Waals surface area contributed by atoms with Gasteiger partial charge in [0.25, 0.3) is 0 Å². The van der Waals surface area contributed by atoms with E-state index < -0.39 is 54.8 Å². The number of ether oxygens (including phenoxy) is 2. The highest BCUT2D eigenvalue weighted by Gasteiger charge is 2.41. The summed E-state index contributed by atoms with van der Waals surface area (Å²) in [5, 5.41) is -0.131. The second-order valence-electron chi connectivity index (χ2n) is 12.8. The van der Waals surface area contributed by atoms with E-state index in [0.29, 0.717) is 5.56 Å². The van der Waals surface area contributed by atoms with Crippen molar-refractivity contribution in [3.63, 3.8) is 0 Å². The van der Waals surface area contributed by atoms with Crippen LogP contribution >= 0.6 is 0 Å². The lowest BCUT2D eigenvalue weighted by atomic mass is 9.86. The molecule has 1 aromatic carbocycles. The summed E-state index contributed by atoms with van der Waals surface area (Å²) in [7, 11) is -2.29. The van der Waals surface area contributed by atoms with E-state index in [4.69, 9.17) is 13.9 Å². The van der Waals surface area contributed by atoms with E-state index in [1.165, 1.54) is 12.1 Å². The summed E-state index contributed by atoms with van der Waals surface area (Å²) in [5.74, 6) is -2.70. The zero-order chi connectivity index (χ0) is 28.3. The fourth-order valence-electron chi connectivity index (χ4n) is 2.99. The number of alkyl halides is 3. The zero-order valence-corrected chi connectivity index (χ0v) is 24.6. The summed E-state index contributed by atoms with van der Waals surface area (Å²) in [5.41, 5.74) is -1.95. The molecule has 0 saturated heterocycles. The van der Waals surface area contributed by atoms with Gasteiger partial charge in [-0.25, -0.2) is 0 Å². The lowest BCUT2D eigenvalue weighted by Gasteiger charge is -2.38. The lowest BCUT2D eigenvalue weighted by molar-refractivity contribution is -0.165. The molecule has 206 valence electrons. The second-order valence-corrected chi connectivity index (χ2v) is 17.6. The van der Waals surface area contributed by atoms with Gasteiger partial charge < -0.3 is 13.9 Å². The Labute approximate surface area is 215 Å². The lowest BCUT2D eigenvalue weighted by Crippen LogP contribution is -2.44. The normalized spacial score (nSPS) is 15.3. The van der Waals surface area contributed by atoms with E-state index in [0.717, 1.165) is 12.1 Å². The van der Waals surface area contributed by atoms with Gasteiger partial charge in [0.1, 0.15) is 5.60 Å². The van der Waals surface area contributed by atoms with Gasteiger partial charge in [-0.2, -0.15) is 13.2 Å². The molecule has 0 aliphatic carbocycles. The SMILES string of the molecule is CC(C)(C)OC(=O)C(CO[Si](C)(C)C(C)(C)C)C(COC(=O)C(C)(C)C)c1ccc(C(F)(F)F)cc1. The molecule has 2 atom stereocenters. The molecule has 0 fully saturated rings. The highest BCUT2D eigenvalue weighted by molar-refractivity contribution is 6.74. The molecule has 1 rings (SSSR count). The van der Waals surface area contributed by atoms with Crippen molar-refractivity contribution in [3.8, 4) is 0 Å². The summed E-state index contributed by atoms with van der Waals surface area (Å²) < 4.78 is 57.2. The molecule has 1 aromatic rings. The van der Waals surface area contributed by atoms with Crippen LogP contribution in [0.15, 0.2) is 24.3 Å². The molecule has 0 heterocycles. The minimum absolute atomic E-state index is 0.00976. The molecule has 5 nitrogen and oxygen atoms in total. The van der Waals surface area contributed by atoms with Gasteiger partial charge >= 0.3 is 18.1 Å². The molecule has 0 bridgehead atoms. The summed E-state index contributed by atoms with van der Waals surface area (Å²) >= 11 is 0. The molecule has 0 aliphatic heterocycles. The first-order chi connectivity index (χ1) is 16.0. The van der Waals surface area contributed by atoms with E-state index >= 15 is 0 Å². The van der Waals surface area contributed by atoms with Gasteiger partial charge in [0.05, 0.1) is 23.5 Å². The minimum Gasteiger partial charge on any atom is -0.465 e. The van der Waals surface area contributed by atoms with Crippen LogP contribution < -0.4 is 0 Å². The highest BCUT2D eigenvalue weighted by atomic mass is 28.4. The average molecular weight is 533 g/mol. The van der Waals surface area contributed by atoms with Crippen LogP contribution in [0, 0.1) is 11.3 Å². The first-order valence-corrected chi connectivity index (χ1v) is 15.1. The Morgan fingerprint density at radius 2 is 1.36 bits per heavy atom. The van der Waals surface area contributed by atoms with Crippen LogP contribution in [0.5, 0.6) is 0 Å². The van der Waals surface area contributed by atoms with Crippen LogP contribution in [0.2, 0.25) is 18.1 Å². The topological polar surface area (TPSA) is 61.8 Å². The summed E-state index contributed by atoms with van der Waals surface area (Å²) in [6, 6.07) is 4.58. The zero-order valence-electron chi connectivity index (χ0n) is 23.6. The average Bonchev–Trinajstić information content (AvgIpc) is 2.66. The predicted molar refractivity (Wildman–Crippen MR) is 137 cm³/mol. The molecule has 0 N–H and O–H groups in total. The van der Waals surface area contributed by atoms with Crippen molar-refractivity contribution >= 4 is 20.3 Å². The molecule has 0 aliphatic rings. The molecule has 0 spiro atoms. The summed E-state index contributed by atoms with van der Waals surface area (Å²) in [4.78, 5) is 25.9. The second kappa shape index (κ2) is 11.3. The molecule has 0 radical (unpaired) electrons. The Kier molecular flexibility index (Phi) is 10.0. The number of hydrogen-bond donors (Lipinski definition) is 0. The third kappa shape index (κ3) is 9.54. The fourth-order valence-corrected chi connectivity index (χ4v) is 4.02. The fraction of sp³-hybridized carbons (Fsp3) is 0.704. The van der Waals surface area contributed by atoms with E-state index in [-0.39, 0.29) is 18.3 Å². The Balaban J connectivity index is 3.50. The standard InChI is InChI=1S/C27H43F3O5Si/c1-24(2,3)23(32)33-16-20(18-12-14-19(15-13-18)27(28,29)30)21(22(31)35-25(4,5)6)17-34-36(10,11)26(7,8)9/h12-15,20-21H,16-17H2,1-11H3. The maximum absolute atomic E-state index is 13.4. The van der Waals surface area contributed by atoms with Crippen molar-refractivity contribution in [1.29, 1.82) is 0 Å². The van der Waals surface area contributed by atoms with Gasteiger partial charge in [0, 0.05) is 12.5 Å². The van der Waals surface area contributed by atoms with Gasteiger partial charge in [-0.3, -0.25) is 9.59 Å². The van der Waals surface area contributed by atoms with Crippen molar-refractivity contribution < 1.29 is 36.7 Å². The van der Waals surface area contributed by atoms with E-state index in [1.807, 2.05) is 13.1 Å². The van der Waals surface area contributed by atoms with Crippen LogP contribution in [-0.4, -0.2) is 39.1 Å². The van der Waals surface area contributed by atoms with Crippen LogP contribution in [-0.2, 0) is 29.7 Å². The van der Waals surface area contributed by atoms with Gasteiger partial charge in [0.2, 0.25) is 0 Å². The van der Waals surface area contributed by atoms with Crippen LogP contribution in [0.1, 0.15) is 79.4 Å². The quantitative estimate of drug-likeness (QED) is 0.259. The highest BCUT2D eigenvalue weighted by Crippen LogP contribution is 2.39. The molecule has 0 saturated carbocycles. The number of halogens is 3. The number of rotatable bonds is 8. The molecule has 0 aromatic heterocycles. The number of carbonyl (C=O) groups is 2. The first kappa shape index (κ1) is 32.2. The van der Waals surface area contributed by atoms with Gasteiger partial charge in [-0.1, -0.05) is 32.9 Å². The van der Waals surface area contributed by atoms with E-state index in [9.17, 15) is 22.8 Å². The predicted octanol–water partition coefficient (Wildman–Crippen LogP) is 7.36. The van der Waals surface area contributed by atoms with E-state index in [1.54, 1.807) is 41.5 Å².